The third kappa shape index (κ3) is 11.0. The van der Waals surface area contributed by atoms with Gasteiger partial charge in [-0.2, -0.15) is 0 Å². The Balaban J connectivity index is 1.03. The molecular formula is C74H102N12O4. The van der Waals surface area contributed by atoms with Crippen molar-refractivity contribution >= 4 is 46.9 Å². The van der Waals surface area contributed by atoms with Crippen LogP contribution in [-0.4, -0.2) is 96.1 Å². The Morgan fingerprint density at radius 1 is 0.300 bits per heavy atom. The Labute approximate surface area is 537 Å². The summed E-state index contributed by atoms with van der Waals surface area (Å²) in [5.41, 5.74) is 5.63. The van der Waals surface area contributed by atoms with Crippen molar-refractivity contribution in [1.29, 1.82) is 0 Å². The van der Waals surface area contributed by atoms with Crippen LogP contribution < -0.4 is 40.9 Å². The summed E-state index contributed by atoms with van der Waals surface area (Å²) in [6.07, 6.45) is 17.4. The van der Waals surface area contributed by atoms with E-state index in [-0.39, 0.29) is 50.3 Å². The van der Waals surface area contributed by atoms with Crippen LogP contribution in [0.4, 0.5) is 41.9 Å². The highest BCUT2D eigenvalue weighted by molar-refractivity contribution is 5.92. The summed E-state index contributed by atoms with van der Waals surface area (Å²) in [5, 5.41) is 13.8. The monoisotopic (exact) mass is 1220 g/mol. The zero-order valence-electron chi connectivity index (χ0n) is 55.4. The molecule has 4 saturated heterocycles. The molecule has 0 aromatic heterocycles. The van der Waals surface area contributed by atoms with Gasteiger partial charge in [-0.15, -0.1) is 0 Å². The highest BCUT2D eigenvalue weighted by Crippen LogP contribution is 2.59. The molecule has 5 aromatic carbocycles. The van der Waals surface area contributed by atoms with E-state index in [4.69, 9.17) is 0 Å². The van der Waals surface area contributed by atoms with E-state index in [2.05, 4.69) is 205 Å². The van der Waals surface area contributed by atoms with Crippen LogP contribution in [0.25, 0.3) is 0 Å². The predicted octanol–water partition coefficient (Wildman–Crippen LogP) is 14.9. The standard InChI is InChI=1S/C74H102N12O4/c1-9-17-41-79(42-18-10-2)63-33-25-59(26-34-63)71-73(61-29-37-65(38-30-61)81(45-21-13-5)46-22-14-6)83(67(87)75-71)51-55-49-57-53-85-69(89)77-72(60-27-35-64(36-28-60)80(43-19-11-3)44-20-12-4)74(85,62-31-39-66(40-32-62)82(47-23-15-7)48-24-16-8)86(70(90)78-72)54-58(57)50-56(55)52-84(73)68(88)76-71/h25-40,49-50H,9-24,41-48,51-54H2,1-8H3,(H,75,87)(H,76,88)(H,77,89)(H,78,90). The molecule has 0 unspecified atom stereocenters. The van der Waals surface area contributed by atoms with Gasteiger partial charge in [0.05, 0.1) is 26.2 Å². The van der Waals surface area contributed by atoms with Crippen LogP contribution in [0.5, 0.6) is 0 Å². The van der Waals surface area contributed by atoms with E-state index in [0.29, 0.717) is 0 Å². The van der Waals surface area contributed by atoms with Gasteiger partial charge in [0, 0.05) is 97.4 Å². The maximum absolute atomic E-state index is 15.5. The molecule has 90 heavy (non-hydrogen) atoms. The first-order valence-electron chi connectivity index (χ1n) is 34.8. The van der Waals surface area contributed by atoms with E-state index in [9.17, 15) is 0 Å². The lowest BCUT2D eigenvalue weighted by Crippen LogP contribution is -2.61. The van der Waals surface area contributed by atoms with Gasteiger partial charge in [-0.25, -0.2) is 19.2 Å². The molecule has 8 amide bonds. The molecule has 6 aliphatic heterocycles. The van der Waals surface area contributed by atoms with Crippen LogP contribution >= 0.6 is 0 Å². The molecule has 16 nitrogen and oxygen atoms in total. The summed E-state index contributed by atoms with van der Waals surface area (Å²) in [7, 11) is 0. The fraction of sp³-hybridized carbons (Fsp3) is 0.541. The number of hydrogen-bond acceptors (Lipinski definition) is 8. The van der Waals surface area contributed by atoms with Crippen molar-refractivity contribution in [3.63, 3.8) is 0 Å². The van der Waals surface area contributed by atoms with Gasteiger partial charge in [0.15, 0.2) is 22.7 Å². The first-order valence-corrected chi connectivity index (χ1v) is 34.8. The van der Waals surface area contributed by atoms with Crippen LogP contribution in [0, 0.1) is 0 Å². The summed E-state index contributed by atoms with van der Waals surface area (Å²) >= 11 is 0. The molecule has 0 atom stereocenters. The van der Waals surface area contributed by atoms with E-state index in [1.807, 2.05) is 19.6 Å². The first-order chi connectivity index (χ1) is 43.9. The first kappa shape index (κ1) is 63.9. The number of unbranched alkanes of at least 4 members (excludes halogenated alkanes) is 8. The lowest BCUT2D eigenvalue weighted by molar-refractivity contribution is -0.0160. The summed E-state index contributed by atoms with van der Waals surface area (Å²) in [6, 6.07) is 37.4. The van der Waals surface area contributed by atoms with Crippen molar-refractivity contribution in [2.24, 2.45) is 0 Å². The second-order valence-corrected chi connectivity index (χ2v) is 26.3. The molecule has 0 aliphatic carbocycles. The van der Waals surface area contributed by atoms with Gasteiger partial charge in [0.1, 0.15) is 0 Å². The summed E-state index contributed by atoms with van der Waals surface area (Å²) < 4.78 is 0. The van der Waals surface area contributed by atoms with Crippen LogP contribution in [0.1, 0.15) is 203 Å². The van der Waals surface area contributed by atoms with Crippen molar-refractivity contribution in [1.82, 2.24) is 40.9 Å². The van der Waals surface area contributed by atoms with Crippen LogP contribution in [0.2, 0.25) is 0 Å². The molecule has 16 heteroatoms. The van der Waals surface area contributed by atoms with Gasteiger partial charge in [-0.05, 0) is 122 Å². The Morgan fingerprint density at radius 2 is 0.489 bits per heavy atom. The number of nitrogens with one attached hydrogen (secondary N) is 4. The number of fused-ring (bicyclic) bond motifs is 2. The van der Waals surface area contributed by atoms with Crippen LogP contribution in [-0.2, 0) is 48.8 Å². The number of nitrogens with zero attached hydrogens (tertiary/aromatic N) is 8. The molecule has 0 radical (unpaired) electrons. The Hall–Kier alpha value is -7.62. The molecule has 0 saturated carbocycles. The van der Waals surface area contributed by atoms with E-state index in [1.165, 1.54) is 0 Å². The van der Waals surface area contributed by atoms with Gasteiger partial charge in [-0.1, -0.05) is 167 Å². The molecule has 0 bridgehead atoms. The van der Waals surface area contributed by atoms with Crippen molar-refractivity contribution in [2.75, 3.05) is 72.0 Å². The Morgan fingerprint density at radius 3 is 0.678 bits per heavy atom. The Kier molecular flexibility index (Phi) is 19.5. The van der Waals surface area contributed by atoms with Gasteiger partial charge >= 0.3 is 24.1 Å². The molecular weight excluding hydrogens is 1120 g/mol. The number of rotatable bonds is 32. The summed E-state index contributed by atoms with van der Waals surface area (Å²) in [5.74, 6) is 0. The van der Waals surface area contributed by atoms with Crippen molar-refractivity contribution in [3.8, 4) is 0 Å². The fourth-order valence-electron chi connectivity index (χ4n) is 15.5. The minimum Gasteiger partial charge on any atom is -0.372 e. The minimum atomic E-state index is -1.40. The topological polar surface area (TPSA) is 142 Å². The molecule has 5 aromatic rings. The van der Waals surface area contributed by atoms with E-state index >= 15 is 19.2 Å². The highest BCUT2D eigenvalue weighted by atomic mass is 16.2. The van der Waals surface area contributed by atoms with Gasteiger partial charge < -0.3 is 40.9 Å². The molecule has 6 heterocycles. The van der Waals surface area contributed by atoms with E-state index in [0.717, 1.165) is 222 Å². The van der Waals surface area contributed by atoms with Crippen LogP contribution in [0.3, 0.4) is 0 Å². The third-order valence-corrected chi connectivity index (χ3v) is 20.5. The van der Waals surface area contributed by atoms with Crippen molar-refractivity contribution < 1.29 is 19.2 Å². The maximum atomic E-state index is 15.5. The lowest BCUT2D eigenvalue weighted by Gasteiger charge is -2.46. The number of carbonyl (C=O) groups is 4. The smallest absolute Gasteiger partial charge is 0.322 e. The highest BCUT2D eigenvalue weighted by Gasteiger charge is 2.76. The molecule has 4 fully saturated rings. The summed E-state index contributed by atoms with van der Waals surface area (Å²) in [4.78, 5) is 79.4. The zero-order chi connectivity index (χ0) is 63.2. The number of carbonyl (C=O) groups excluding carboxylic acids is 4. The number of anilines is 4. The zero-order valence-corrected chi connectivity index (χ0v) is 55.4. The molecule has 0 spiro atoms. The van der Waals surface area contributed by atoms with Gasteiger partial charge in [0.2, 0.25) is 0 Å². The number of urea groups is 4. The average molecular weight is 1220 g/mol. The molecule has 11 rings (SSSR count). The third-order valence-electron chi connectivity index (χ3n) is 20.5. The van der Waals surface area contributed by atoms with Crippen molar-refractivity contribution in [3.05, 3.63) is 154 Å². The average Bonchev–Trinajstić information content (AvgIpc) is 1.51. The van der Waals surface area contributed by atoms with Crippen LogP contribution in [0.15, 0.2) is 109 Å². The second kappa shape index (κ2) is 27.5. The SMILES string of the molecule is CCCCN(CCCC)c1ccc(C23NC(=O)N4Cc5cc6c(cc5CN(C(=O)N2)C43c2ccc(N(CCCC)CCCC)cc2)CN2C(=O)NC3(c4ccc(N(CCCC)CCCC)cc4)NC(=O)N(C6)C23c2ccc(N(CCCC)CCCC)cc2)cc1. The fourth-order valence-corrected chi connectivity index (χ4v) is 15.5. The number of hydrogen-bond donors (Lipinski definition) is 4. The maximum Gasteiger partial charge on any atom is 0.322 e. The van der Waals surface area contributed by atoms with Gasteiger partial charge in [-0.3, -0.25) is 19.6 Å². The molecule has 482 valence electrons. The van der Waals surface area contributed by atoms with Gasteiger partial charge in [0.25, 0.3) is 0 Å². The largest absolute Gasteiger partial charge is 0.372 e. The minimum absolute atomic E-state index is 0.168. The normalized spacial score (nSPS) is 21.9. The number of benzene rings is 5. The molecule has 4 N–H and O–H groups in total. The molecule has 6 aliphatic rings. The second-order valence-electron chi connectivity index (χ2n) is 26.3. The Bertz CT molecular complexity index is 2970. The van der Waals surface area contributed by atoms with E-state index < -0.39 is 22.7 Å². The van der Waals surface area contributed by atoms with E-state index in [1.54, 1.807) is 0 Å². The lowest BCUT2D eigenvalue weighted by atomic mass is 9.81. The number of amides is 8. The van der Waals surface area contributed by atoms with Crippen molar-refractivity contribution in [2.45, 2.75) is 207 Å². The predicted molar refractivity (Wildman–Crippen MR) is 363 cm³/mol. The summed E-state index contributed by atoms with van der Waals surface area (Å²) in [6.45, 7) is 26.1. The quantitative estimate of drug-likeness (QED) is 0.0333.